The highest BCUT2D eigenvalue weighted by Gasteiger charge is 2.40. The smallest absolute Gasteiger partial charge is 0.416 e. The molecule has 5 rings (SSSR count). The molecule has 2 aromatic rings. The van der Waals surface area contributed by atoms with Crippen LogP contribution in [-0.2, 0) is 34.8 Å². The maximum atomic E-state index is 13.6. The zero-order valence-corrected chi connectivity index (χ0v) is 23.2. The van der Waals surface area contributed by atoms with E-state index in [9.17, 15) is 31.1 Å². The molecule has 0 aromatic heterocycles. The molecule has 41 heavy (non-hydrogen) atoms. The number of nitrogens with zero attached hydrogens (tertiary/aromatic N) is 1. The summed E-state index contributed by atoms with van der Waals surface area (Å²) in [5.41, 5.74) is 1.02. The van der Waals surface area contributed by atoms with Gasteiger partial charge in [0.15, 0.2) is 0 Å². The lowest BCUT2D eigenvalue weighted by Crippen LogP contribution is -2.41. The number of carbonyl (C=O) groups excluding carboxylic acids is 1. The van der Waals surface area contributed by atoms with Crippen molar-refractivity contribution in [3.05, 3.63) is 64.2 Å². The highest BCUT2D eigenvalue weighted by Crippen LogP contribution is 2.48. The molecule has 1 N–H and O–H groups in total. The van der Waals surface area contributed by atoms with Gasteiger partial charge in [-0.1, -0.05) is 19.1 Å². The Labute approximate surface area is 236 Å². The largest absolute Gasteiger partial charge is 0.469 e. The summed E-state index contributed by atoms with van der Waals surface area (Å²) in [5, 5.41) is 3.71. The molecule has 2 heterocycles. The fourth-order valence-corrected chi connectivity index (χ4v) is 6.78. The molecular formula is C31H36F6N2O2. The van der Waals surface area contributed by atoms with Gasteiger partial charge in [0.1, 0.15) is 0 Å². The fraction of sp³-hybridized carbons (Fsp3) is 0.581. The Bertz CT molecular complexity index is 1250. The maximum Gasteiger partial charge on any atom is 0.416 e. The quantitative estimate of drug-likeness (QED) is 0.269. The number of aryl methyl sites for hydroxylation is 1. The number of benzene rings is 2. The molecule has 3 atom stereocenters. The Balaban J connectivity index is 1.24. The van der Waals surface area contributed by atoms with Crippen molar-refractivity contribution in [3.8, 4) is 0 Å². The predicted molar refractivity (Wildman–Crippen MR) is 143 cm³/mol. The van der Waals surface area contributed by atoms with E-state index in [1.165, 1.54) is 12.7 Å². The molecule has 2 aliphatic heterocycles. The molecule has 0 spiro atoms. The van der Waals surface area contributed by atoms with Crippen molar-refractivity contribution in [2.24, 2.45) is 17.8 Å². The summed E-state index contributed by atoms with van der Waals surface area (Å²) in [6, 6.07) is 8.33. The summed E-state index contributed by atoms with van der Waals surface area (Å²) in [6.45, 7) is 2.79. The van der Waals surface area contributed by atoms with Gasteiger partial charge in [0.2, 0.25) is 0 Å². The van der Waals surface area contributed by atoms with Gasteiger partial charge in [-0.2, -0.15) is 26.3 Å². The molecule has 0 radical (unpaired) electrons. The van der Waals surface area contributed by atoms with Crippen LogP contribution in [0.1, 0.15) is 72.8 Å². The van der Waals surface area contributed by atoms with Crippen LogP contribution in [0, 0.1) is 17.8 Å². The van der Waals surface area contributed by atoms with Gasteiger partial charge in [-0.15, -0.1) is 0 Å². The summed E-state index contributed by atoms with van der Waals surface area (Å²) >= 11 is 0. The standard InChI is InChI=1S/C31H36F6N2O2/c1-18(29(40)41-2)28(21-4-5-21)22-6-3-19-7-10-26(38-27(19)16-22)20-11-13-39(14-12-20)17-23-15-24(30(32,33)34)8-9-25(23)31(35,36)37/h3,6,8-9,15-16,18,20-21,26,28,38H,4-5,7,10-14,17H2,1-2H3/t18-,26?,28?/m0/s1. The third-order valence-corrected chi connectivity index (χ3v) is 9.16. The van der Waals surface area contributed by atoms with Crippen LogP contribution in [-0.4, -0.2) is 37.1 Å². The Morgan fingerprint density at radius 2 is 1.68 bits per heavy atom. The summed E-state index contributed by atoms with van der Waals surface area (Å²) < 4.78 is 85.3. The first-order valence-electron chi connectivity index (χ1n) is 14.3. The monoisotopic (exact) mass is 582 g/mol. The van der Waals surface area contributed by atoms with Crippen molar-refractivity contribution < 1.29 is 35.9 Å². The SMILES string of the molecule is COC(=O)[C@@H](C)C(c1ccc2c(c1)NC(C1CCN(Cc3cc(C(F)(F)F)ccc3C(F)(F)F)CC1)CC2)C1CC1. The molecule has 0 bridgehead atoms. The number of fused-ring (bicyclic) bond motifs is 1. The summed E-state index contributed by atoms with van der Waals surface area (Å²) in [4.78, 5) is 14.2. The second-order valence-corrected chi connectivity index (χ2v) is 11.9. The molecule has 224 valence electrons. The molecule has 1 saturated carbocycles. The van der Waals surface area contributed by atoms with E-state index in [0.29, 0.717) is 43.1 Å². The van der Waals surface area contributed by atoms with Crippen molar-refractivity contribution >= 4 is 11.7 Å². The number of alkyl halides is 6. The Hall–Kier alpha value is -2.75. The number of hydrogen-bond donors (Lipinski definition) is 1. The molecule has 4 nitrogen and oxygen atoms in total. The van der Waals surface area contributed by atoms with E-state index in [4.69, 9.17) is 4.74 Å². The number of hydrogen-bond acceptors (Lipinski definition) is 4. The number of anilines is 1. The van der Waals surface area contributed by atoms with Crippen LogP contribution in [0.2, 0.25) is 0 Å². The van der Waals surface area contributed by atoms with Gasteiger partial charge >= 0.3 is 18.3 Å². The first-order valence-corrected chi connectivity index (χ1v) is 14.3. The molecule has 0 amide bonds. The van der Waals surface area contributed by atoms with Crippen molar-refractivity contribution in [1.82, 2.24) is 4.90 Å². The van der Waals surface area contributed by atoms with Crippen molar-refractivity contribution in [2.75, 3.05) is 25.5 Å². The normalized spacial score (nSPS) is 22.0. The average molecular weight is 583 g/mol. The van der Waals surface area contributed by atoms with Crippen LogP contribution in [0.15, 0.2) is 36.4 Å². The van der Waals surface area contributed by atoms with Crippen molar-refractivity contribution in [3.63, 3.8) is 0 Å². The number of likely N-dealkylation sites (tertiary alicyclic amines) is 1. The first-order chi connectivity index (χ1) is 19.3. The first kappa shape index (κ1) is 29.7. The number of rotatable bonds is 7. The fourth-order valence-electron chi connectivity index (χ4n) is 6.78. The summed E-state index contributed by atoms with van der Waals surface area (Å²) in [5.74, 6) is 0.449. The minimum atomic E-state index is -4.72. The van der Waals surface area contributed by atoms with Gasteiger partial charge in [0.05, 0.1) is 24.2 Å². The van der Waals surface area contributed by atoms with Crippen LogP contribution in [0.25, 0.3) is 0 Å². The van der Waals surface area contributed by atoms with Crippen LogP contribution in [0.3, 0.4) is 0 Å². The van der Waals surface area contributed by atoms with E-state index in [-0.39, 0.29) is 36.0 Å². The van der Waals surface area contributed by atoms with Gasteiger partial charge in [0.25, 0.3) is 0 Å². The summed E-state index contributed by atoms with van der Waals surface area (Å²) in [7, 11) is 1.42. The van der Waals surface area contributed by atoms with Gasteiger partial charge < -0.3 is 10.1 Å². The second-order valence-electron chi connectivity index (χ2n) is 11.9. The van der Waals surface area contributed by atoms with Gasteiger partial charge in [-0.3, -0.25) is 9.69 Å². The van der Waals surface area contributed by atoms with Crippen LogP contribution < -0.4 is 5.32 Å². The van der Waals surface area contributed by atoms with E-state index >= 15 is 0 Å². The topological polar surface area (TPSA) is 41.6 Å². The molecule has 1 aliphatic carbocycles. The van der Waals surface area contributed by atoms with Gasteiger partial charge in [-0.05, 0) is 110 Å². The molecule has 2 fully saturated rings. The zero-order valence-electron chi connectivity index (χ0n) is 23.2. The third-order valence-electron chi connectivity index (χ3n) is 9.16. The number of esters is 1. The van der Waals surface area contributed by atoms with E-state index in [2.05, 4.69) is 23.5 Å². The highest BCUT2D eigenvalue weighted by molar-refractivity contribution is 5.73. The van der Waals surface area contributed by atoms with Crippen molar-refractivity contribution in [1.29, 1.82) is 0 Å². The molecule has 2 unspecified atom stereocenters. The molecule has 10 heteroatoms. The van der Waals surface area contributed by atoms with E-state index < -0.39 is 23.5 Å². The number of methoxy groups -OCH3 is 1. The second kappa shape index (κ2) is 11.5. The average Bonchev–Trinajstić information content (AvgIpc) is 3.77. The lowest BCUT2D eigenvalue weighted by molar-refractivity contribution is -0.145. The minimum absolute atomic E-state index is 0.107. The maximum absolute atomic E-state index is 13.6. The highest BCUT2D eigenvalue weighted by atomic mass is 19.4. The van der Waals surface area contributed by atoms with Crippen LogP contribution in [0.4, 0.5) is 32.0 Å². The van der Waals surface area contributed by atoms with E-state index in [1.54, 1.807) is 0 Å². The van der Waals surface area contributed by atoms with Crippen LogP contribution >= 0.6 is 0 Å². The number of piperidine rings is 1. The Morgan fingerprint density at radius 1 is 0.976 bits per heavy atom. The van der Waals surface area contributed by atoms with Gasteiger partial charge in [-0.25, -0.2) is 0 Å². The lowest BCUT2D eigenvalue weighted by atomic mass is 9.80. The number of nitrogens with one attached hydrogen (secondary N) is 1. The number of carbonyl (C=O) groups is 1. The third kappa shape index (κ3) is 6.68. The number of halogens is 6. The minimum Gasteiger partial charge on any atom is -0.469 e. The molecule has 1 saturated heterocycles. The van der Waals surface area contributed by atoms with Crippen LogP contribution in [0.5, 0.6) is 0 Å². The molecular weight excluding hydrogens is 546 g/mol. The van der Waals surface area contributed by atoms with E-state index in [1.807, 2.05) is 11.8 Å². The molecule has 2 aromatic carbocycles. The predicted octanol–water partition coefficient (Wildman–Crippen LogP) is 7.67. The molecule has 3 aliphatic rings. The zero-order chi connectivity index (χ0) is 29.5. The van der Waals surface area contributed by atoms with Crippen molar-refractivity contribution in [2.45, 2.75) is 76.3 Å². The summed E-state index contributed by atoms with van der Waals surface area (Å²) in [6.07, 6.45) is -3.88. The van der Waals surface area contributed by atoms with Gasteiger partial charge in [0, 0.05) is 18.3 Å². The van der Waals surface area contributed by atoms with E-state index in [0.717, 1.165) is 49.8 Å². The Kier molecular flexibility index (Phi) is 8.34. The Morgan fingerprint density at radius 3 is 2.29 bits per heavy atom. The number of ether oxygens (including phenoxy) is 1. The lowest BCUT2D eigenvalue weighted by Gasteiger charge is -2.39.